The van der Waals surface area contributed by atoms with Gasteiger partial charge < -0.3 is 62.3 Å². The number of carbonyl (C=O) groups excluding carboxylic acids is 6. The van der Waals surface area contributed by atoms with Gasteiger partial charge in [0.15, 0.2) is 0 Å². The predicted molar refractivity (Wildman–Crippen MR) is 231 cm³/mol. The largest absolute Gasteiger partial charge is 0.480 e. The highest BCUT2D eigenvalue weighted by Gasteiger charge is 2.46. The Labute approximate surface area is 373 Å². The summed E-state index contributed by atoms with van der Waals surface area (Å²) >= 11 is 0. The number of hydrogen-bond donors (Lipinski definition) is 10. The smallest absolute Gasteiger partial charge is 0.326 e. The summed E-state index contributed by atoms with van der Waals surface area (Å²) in [4.78, 5) is 109. The van der Waals surface area contributed by atoms with E-state index in [-0.39, 0.29) is 44.4 Å². The summed E-state index contributed by atoms with van der Waals surface area (Å²) in [6, 6.07) is -0.682. The quantitative estimate of drug-likeness (QED) is 0.0613. The summed E-state index contributed by atoms with van der Waals surface area (Å²) in [7, 11) is 1.36. The molecule has 0 saturated carbocycles. The lowest BCUT2D eigenvalue weighted by atomic mass is 9.88. The van der Waals surface area contributed by atoms with Crippen molar-refractivity contribution in [3.8, 4) is 0 Å². The third-order valence-corrected chi connectivity index (χ3v) is 11.9. The van der Waals surface area contributed by atoms with Crippen LogP contribution >= 0.6 is 0 Å². The van der Waals surface area contributed by atoms with Crippen molar-refractivity contribution in [3.05, 3.63) is 48.0 Å². The highest BCUT2D eigenvalue weighted by molar-refractivity contribution is 5.97. The predicted octanol–water partition coefficient (Wildman–Crippen LogP) is -0.618. The number of nitrogens with zero attached hydrogens (tertiary/aromatic N) is 2. The molecule has 0 aromatic heterocycles. The third kappa shape index (κ3) is 14.8. The summed E-state index contributed by atoms with van der Waals surface area (Å²) in [5.74, 6) is -8.85. The van der Waals surface area contributed by atoms with Gasteiger partial charge in [0.05, 0.1) is 12.2 Å². The van der Waals surface area contributed by atoms with Crippen LogP contribution in [0.4, 0.5) is 0 Å². The molecule has 1 aliphatic heterocycles. The summed E-state index contributed by atoms with van der Waals surface area (Å²) in [6.07, 6.45) is 0.0198. The topological polar surface area (TPSA) is 318 Å². The third-order valence-electron chi connectivity index (χ3n) is 11.9. The molecule has 20 heteroatoms. The number of likely N-dealkylation sites (N-methyl/N-ethyl adjacent to an activating group) is 1. The maximum atomic E-state index is 14.6. The monoisotopic (exact) mass is 901 g/mol. The Balaban J connectivity index is 1.91. The highest BCUT2D eigenvalue weighted by Crippen LogP contribution is 2.27. The van der Waals surface area contributed by atoms with Crippen molar-refractivity contribution in [2.75, 3.05) is 7.05 Å². The van der Waals surface area contributed by atoms with Gasteiger partial charge in [-0.2, -0.15) is 0 Å². The Kier molecular flexibility index (Phi) is 20.3. The molecule has 0 bridgehead atoms. The highest BCUT2D eigenvalue weighted by atomic mass is 16.4. The van der Waals surface area contributed by atoms with Gasteiger partial charge >= 0.3 is 11.9 Å². The molecule has 2 aliphatic rings. The number of hydrogen-bond acceptors (Lipinski definition) is 12. The molecular weight excluding hydrogens is 835 g/mol. The van der Waals surface area contributed by atoms with E-state index in [1.807, 2.05) is 0 Å². The SMILES string of the molecule is CC[C@H](C)[C@H](NC(=O)[C@H](Cc1ccccc1)N(C)C(=O)[C@@H](C(C)C)N1C(=O)C(NC(=O)[C@H](CC2C=C[C@H](O)CC2)NC(=O)[C@@H](NC(=O)CC[C@H](N)C(=O)O)[C@@H](C)O)CC[C@@H]1O)C(=O)O. The fraction of sp³-hybridized carbons (Fsp3) is 0.636. The number of nitrogens with one attached hydrogen (secondary N) is 4. The summed E-state index contributed by atoms with van der Waals surface area (Å²) in [5, 5.41) is 61.0. The van der Waals surface area contributed by atoms with Crippen molar-refractivity contribution in [2.24, 2.45) is 23.5 Å². The van der Waals surface area contributed by atoms with Crippen molar-refractivity contribution in [1.29, 1.82) is 0 Å². The van der Waals surface area contributed by atoms with Crippen LogP contribution in [0.15, 0.2) is 42.5 Å². The zero-order valence-corrected chi connectivity index (χ0v) is 37.4. The van der Waals surface area contributed by atoms with Crippen molar-refractivity contribution < 1.29 is 63.9 Å². The first-order chi connectivity index (χ1) is 30.1. The number of allylic oxidation sites excluding steroid dienone is 1. The van der Waals surface area contributed by atoms with Gasteiger partial charge in [0.25, 0.3) is 0 Å². The fourth-order valence-corrected chi connectivity index (χ4v) is 7.81. The molecular formula is C44H67N7O13. The van der Waals surface area contributed by atoms with Gasteiger partial charge in [0, 0.05) is 19.9 Å². The Morgan fingerprint density at radius 1 is 0.844 bits per heavy atom. The standard InChI is InChI=1S/C44H67N7O13/c1-7-24(4)35(44(63)64)49-39(57)32(22-26-11-9-8-10-12-26)50(6)42(60)37(23(2)3)51-34(55)20-18-30(41(51)59)46-38(56)31(21-27-13-15-28(53)16-14-27)47-40(58)36(25(5)52)48-33(54)19-17-29(45)43(61)62/h8-13,15,23-25,27-32,34-37,52-53,55H,7,14,16-22,45H2,1-6H3,(H,46,56)(H,47,58)(H,48,54)(H,49,57)(H,61,62)(H,63,64)/t24-,25+,27?,28-,29-,30?,31-,32-,34-,35-,36-,37+/m0/s1. The summed E-state index contributed by atoms with van der Waals surface area (Å²) in [6.45, 7) is 7.99. The zero-order valence-electron chi connectivity index (χ0n) is 37.4. The number of carbonyl (C=O) groups is 8. The minimum Gasteiger partial charge on any atom is -0.480 e. The van der Waals surface area contributed by atoms with Gasteiger partial charge in [0.2, 0.25) is 35.4 Å². The van der Waals surface area contributed by atoms with Crippen LogP contribution in [0.3, 0.4) is 0 Å². The molecule has 11 N–H and O–H groups in total. The van der Waals surface area contributed by atoms with Crippen molar-refractivity contribution >= 4 is 47.4 Å². The lowest BCUT2D eigenvalue weighted by Crippen LogP contribution is -2.66. The first-order valence-electron chi connectivity index (χ1n) is 21.8. The van der Waals surface area contributed by atoms with E-state index in [2.05, 4.69) is 21.3 Å². The van der Waals surface area contributed by atoms with Crippen molar-refractivity contribution in [2.45, 2.75) is 153 Å². The Hall–Kier alpha value is -5.44. The molecule has 356 valence electrons. The van der Waals surface area contributed by atoms with Crippen LogP contribution < -0.4 is 27.0 Å². The Morgan fingerprint density at radius 3 is 2.05 bits per heavy atom. The number of benzene rings is 1. The zero-order chi connectivity index (χ0) is 48.0. The molecule has 1 heterocycles. The molecule has 12 atom stereocenters. The van der Waals surface area contributed by atoms with Crippen LogP contribution in [0.5, 0.6) is 0 Å². The number of piperidine rings is 1. The maximum Gasteiger partial charge on any atom is 0.326 e. The van der Waals surface area contributed by atoms with E-state index in [1.54, 1.807) is 70.2 Å². The number of aliphatic hydroxyl groups is 3. The summed E-state index contributed by atoms with van der Waals surface area (Å²) < 4.78 is 0. The second-order valence-corrected chi connectivity index (χ2v) is 17.3. The Morgan fingerprint density at radius 2 is 1.50 bits per heavy atom. The second-order valence-electron chi connectivity index (χ2n) is 17.3. The minimum atomic E-state index is -1.58. The molecule has 1 saturated heterocycles. The van der Waals surface area contributed by atoms with Gasteiger partial charge in [-0.1, -0.05) is 76.6 Å². The average Bonchev–Trinajstić information content (AvgIpc) is 3.24. The molecule has 3 rings (SSSR count). The van der Waals surface area contributed by atoms with Gasteiger partial charge in [-0.05, 0) is 68.8 Å². The van der Waals surface area contributed by atoms with E-state index in [1.165, 1.54) is 14.0 Å². The molecule has 2 unspecified atom stereocenters. The number of aliphatic carboxylic acids is 2. The molecule has 64 heavy (non-hydrogen) atoms. The van der Waals surface area contributed by atoms with E-state index < -0.39 is 120 Å². The van der Waals surface area contributed by atoms with Crippen LogP contribution in [-0.2, 0) is 44.8 Å². The number of carboxylic acids is 2. The molecule has 1 aliphatic carbocycles. The van der Waals surface area contributed by atoms with E-state index in [0.29, 0.717) is 24.8 Å². The van der Waals surface area contributed by atoms with Crippen molar-refractivity contribution in [1.82, 2.24) is 31.1 Å². The Bertz CT molecular complexity index is 1830. The first kappa shape index (κ1) is 52.9. The lowest BCUT2D eigenvalue weighted by molar-refractivity contribution is -0.167. The average molecular weight is 902 g/mol. The molecule has 1 fully saturated rings. The number of aliphatic hydroxyl groups excluding tert-OH is 3. The van der Waals surface area contributed by atoms with E-state index in [0.717, 1.165) is 9.80 Å². The number of rotatable bonds is 23. The number of carboxylic acid groups (broad SMARTS) is 2. The number of likely N-dealkylation sites (tertiary alicyclic amines) is 1. The molecule has 0 radical (unpaired) electrons. The number of amides is 6. The van der Waals surface area contributed by atoms with Gasteiger partial charge in [-0.3, -0.25) is 33.6 Å². The van der Waals surface area contributed by atoms with Crippen molar-refractivity contribution in [3.63, 3.8) is 0 Å². The van der Waals surface area contributed by atoms with Gasteiger partial charge in [-0.25, -0.2) is 4.79 Å². The molecule has 20 nitrogen and oxygen atoms in total. The van der Waals surface area contributed by atoms with E-state index in [4.69, 9.17) is 10.8 Å². The van der Waals surface area contributed by atoms with Crippen LogP contribution in [0.2, 0.25) is 0 Å². The maximum absolute atomic E-state index is 14.6. The first-order valence-corrected chi connectivity index (χ1v) is 21.8. The van der Waals surface area contributed by atoms with E-state index in [9.17, 15) is 58.8 Å². The molecule has 6 amide bonds. The minimum absolute atomic E-state index is 0.0114. The summed E-state index contributed by atoms with van der Waals surface area (Å²) in [5.41, 5.74) is 6.16. The fourth-order valence-electron chi connectivity index (χ4n) is 7.81. The second kappa shape index (κ2) is 24.6. The number of nitrogens with two attached hydrogens (primary N) is 1. The lowest BCUT2D eigenvalue weighted by Gasteiger charge is -2.44. The van der Waals surface area contributed by atoms with Crippen LogP contribution in [0.1, 0.15) is 91.5 Å². The van der Waals surface area contributed by atoms with Crippen LogP contribution in [0.25, 0.3) is 0 Å². The van der Waals surface area contributed by atoms with Gasteiger partial charge in [0.1, 0.15) is 48.5 Å². The van der Waals surface area contributed by atoms with Crippen LogP contribution in [-0.4, -0.2) is 150 Å². The molecule has 1 aromatic rings. The molecule has 1 aromatic carbocycles. The van der Waals surface area contributed by atoms with Gasteiger partial charge in [-0.15, -0.1) is 0 Å². The normalized spacial score (nSPS) is 22.4. The molecule has 0 spiro atoms. The van der Waals surface area contributed by atoms with Crippen LogP contribution in [0, 0.1) is 17.8 Å². The van der Waals surface area contributed by atoms with E-state index >= 15 is 0 Å².